The third-order valence-electron chi connectivity index (χ3n) is 4.32. The second kappa shape index (κ2) is 6.45. The number of benzene rings is 1. The molecule has 0 unspecified atom stereocenters. The van der Waals surface area contributed by atoms with E-state index in [0.29, 0.717) is 0 Å². The van der Waals surface area contributed by atoms with Crippen LogP contribution in [0, 0.1) is 0 Å². The highest BCUT2D eigenvalue weighted by atomic mass is 19.4. The van der Waals surface area contributed by atoms with Crippen LogP contribution in [0.1, 0.15) is 55.1 Å². The molecule has 1 aromatic rings. The molecule has 128 valence electrons. The summed E-state index contributed by atoms with van der Waals surface area (Å²) in [5, 5.41) is 7.12. The molecule has 1 N–H and O–H groups in total. The van der Waals surface area contributed by atoms with Gasteiger partial charge in [0.25, 0.3) is 0 Å². The van der Waals surface area contributed by atoms with Gasteiger partial charge in [-0.3, -0.25) is 0 Å². The van der Waals surface area contributed by atoms with Gasteiger partial charge in [-0.1, -0.05) is 30.7 Å². The summed E-state index contributed by atoms with van der Waals surface area (Å²) in [5.74, 6) is -4.34. The average molecular weight is 336 g/mol. The minimum Gasteiger partial charge on any atom is -0.475 e. The molecule has 2 fully saturated rings. The van der Waals surface area contributed by atoms with Gasteiger partial charge in [0.15, 0.2) is 0 Å². The third-order valence-corrected chi connectivity index (χ3v) is 4.32. The van der Waals surface area contributed by atoms with Crippen molar-refractivity contribution in [2.75, 3.05) is 0 Å². The summed E-state index contributed by atoms with van der Waals surface area (Å²) < 4.78 is 57.2. The van der Waals surface area contributed by atoms with Crippen LogP contribution in [0.15, 0.2) is 24.3 Å². The van der Waals surface area contributed by atoms with Crippen LogP contribution in [0.4, 0.5) is 22.0 Å². The van der Waals surface area contributed by atoms with Gasteiger partial charge in [0.05, 0.1) is 0 Å². The van der Waals surface area contributed by atoms with Crippen LogP contribution in [-0.2, 0) is 4.79 Å². The second-order valence-electron chi connectivity index (χ2n) is 6.06. The zero-order valence-corrected chi connectivity index (χ0v) is 12.2. The van der Waals surface area contributed by atoms with Crippen molar-refractivity contribution in [2.24, 2.45) is 0 Å². The molecule has 2 nitrogen and oxygen atoms in total. The second-order valence-corrected chi connectivity index (χ2v) is 6.06. The highest BCUT2D eigenvalue weighted by Crippen LogP contribution is 2.48. The average Bonchev–Trinajstić information content (AvgIpc) is 2.34. The summed E-state index contributed by atoms with van der Waals surface area (Å²) in [5.41, 5.74) is 2.48. The maximum atomic E-state index is 12.7. The minimum atomic E-state index is -5.08. The van der Waals surface area contributed by atoms with E-state index in [1.807, 2.05) is 12.1 Å². The van der Waals surface area contributed by atoms with Crippen molar-refractivity contribution < 1.29 is 31.9 Å². The lowest BCUT2D eigenvalue weighted by atomic mass is 9.75. The number of hydrogen-bond acceptors (Lipinski definition) is 1. The Labute approximate surface area is 130 Å². The molecule has 2 aliphatic carbocycles. The Bertz CT molecular complexity index is 539. The lowest BCUT2D eigenvalue weighted by Crippen LogP contribution is -2.33. The Hall–Kier alpha value is -1.66. The minimum absolute atomic E-state index is 0.0375. The highest BCUT2D eigenvalue weighted by Gasteiger charge is 2.45. The van der Waals surface area contributed by atoms with Gasteiger partial charge in [-0.15, -0.1) is 0 Å². The van der Waals surface area contributed by atoms with E-state index in [0.717, 1.165) is 11.5 Å². The number of rotatable bonds is 2. The van der Waals surface area contributed by atoms with Crippen LogP contribution in [-0.4, -0.2) is 23.2 Å². The summed E-state index contributed by atoms with van der Waals surface area (Å²) >= 11 is 0. The maximum absolute atomic E-state index is 12.7. The number of carboxylic acid groups (broad SMARTS) is 1. The van der Waals surface area contributed by atoms with Crippen LogP contribution in [0.5, 0.6) is 0 Å². The first-order valence-corrected chi connectivity index (χ1v) is 7.36. The molecular weight excluding hydrogens is 319 g/mol. The van der Waals surface area contributed by atoms with Gasteiger partial charge in [0.1, 0.15) is 0 Å². The summed E-state index contributed by atoms with van der Waals surface area (Å²) in [6.45, 7) is 0. The molecule has 0 aromatic heterocycles. The fraction of sp³-hybridized carbons (Fsp3) is 0.562. The van der Waals surface area contributed by atoms with Crippen LogP contribution in [0.2, 0.25) is 0 Å². The topological polar surface area (TPSA) is 37.3 Å². The Kier molecular flexibility index (Phi) is 4.96. The lowest BCUT2D eigenvalue weighted by Gasteiger charge is -2.35. The van der Waals surface area contributed by atoms with Crippen molar-refractivity contribution in [1.29, 1.82) is 0 Å². The predicted molar refractivity (Wildman–Crippen MR) is 73.6 cm³/mol. The van der Waals surface area contributed by atoms with E-state index in [1.165, 1.54) is 24.8 Å². The fourth-order valence-corrected chi connectivity index (χ4v) is 2.68. The Morgan fingerprint density at radius 3 is 1.65 bits per heavy atom. The number of hydrogen-bond donors (Lipinski definition) is 1. The van der Waals surface area contributed by atoms with Crippen LogP contribution < -0.4 is 0 Å². The van der Waals surface area contributed by atoms with Crippen molar-refractivity contribution in [1.82, 2.24) is 0 Å². The Balaban J connectivity index is 0.000000236. The first kappa shape index (κ1) is 17.7. The van der Waals surface area contributed by atoms with Crippen molar-refractivity contribution in [3.8, 4) is 0 Å². The van der Waals surface area contributed by atoms with Crippen molar-refractivity contribution in [3.63, 3.8) is 0 Å². The Morgan fingerprint density at radius 1 is 1.00 bits per heavy atom. The fourth-order valence-electron chi connectivity index (χ4n) is 2.68. The molecule has 1 aromatic carbocycles. The van der Waals surface area contributed by atoms with E-state index < -0.39 is 18.1 Å². The molecule has 0 atom stereocenters. The van der Waals surface area contributed by atoms with E-state index >= 15 is 0 Å². The number of alkyl halides is 5. The van der Waals surface area contributed by atoms with Gasteiger partial charge in [0.2, 0.25) is 5.92 Å². The van der Waals surface area contributed by atoms with Crippen molar-refractivity contribution >= 4 is 5.97 Å². The zero-order valence-electron chi connectivity index (χ0n) is 12.2. The van der Waals surface area contributed by atoms with Crippen molar-refractivity contribution in [2.45, 2.75) is 56.0 Å². The molecule has 0 heterocycles. The molecule has 0 spiro atoms. The molecule has 2 aliphatic rings. The quantitative estimate of drug-likeness (QED) is 0.763. The van der Waals surface area contributed by atoms with Crippen LogP contribution in [0.3, 0.4) is 0 Å². The third kappa shape index (κ3) is 4.65. The molecule has 0 amide bonds. The van der Waals surface area contributed by atoms with Gasteiger partial charge in [0, 0.05) is 12.8 Å². The summed E-state index contributed by atoms with van der Waals surface area (Å²) in [4.78, 5) is 8.90. The summed E-state index contributed by atoms with van der Waals surface area (Å²) in [6.07, 6.45) is -1.09. The van der Waals surface area contributed by atoms with Crippen LogP contribution in [0.25, 0.3) is 0 Å². The first-order chi connectivity index (χ1) is 10.6. The van der Waals surface area contributed by atoms with Crippen molar-refractivity contribution in [3.05, 3.63) is 35.4 Å². The van der Waals surface area contributed by atoms with Gasteiger partial charge in [-0.2, -0.15) is 13.2 Å². The van der Waals surface area contributed by atoms with Gasteiger partial charge < -0.3 is 5.11 Å². The number of carboxylic acids is 1. The van der Waals surface area contributed by atoms with E-state index in [1.54, 1.807) is 0 Å². The number of aliphatic carboxylic acids is 1. The molecule has 3 rings (SSSR count). The smallest absolute Gasteiger partial charge is 0.475 e. The van der Waals surface area contributed by atoms with E-state index in [9.17, 15) is 22.0 Å². The predicted octanol–water partition coefficient (Wildman–Crippen LogP) is 5.10. The molecule has 23 heavy (non-hydrogen) atoms. The summed E-state index contributed by atoms with van der Waals surface area (Å²) in [7, 11) is 0. The normalized spacial score (nSPS) is 20.7. The molecule has 0 saturated heterocycles. The molecular formula is C16H17F5O2. The zero-order chi connectivity index (χ0) is 17.3. The summed E-state index contributed by atoms with van der Waals surface area (Å²) in [6, 6.07) is 8.37. The molecule has 2 saturated carbocycles. The van der Waals surface area contributed by atoms with Gasteiger partial charge in [-0.25, -0.2) is 13.6 Å². The first-order valence-electron chi connectivity index (χ1n) is 7.36. The van der Waals surface area contributed by atoms with E-state index in [-0.39, 0.29) is 18.8 Å². The number of carbonyl (C=O) groups is 1. The molecule has 0 aliphatic heterocycles. The van der Waals surface area contributed by atoms with Gasteiger partial charge in [-0.05, 0) is 35.8 Å². The Morgan fingerprint density at radius 2 is 1.39 bits per heavy atom. The van der Waals surface area contributed by atoms with Gasteiger partial charge >= 0.3 is 12.1 Å². The molecule has 0 bridgehead atoms. The largest absolute Gasteiger partial charge is 0.490 e. The van der Waals surface area contributed by atoms with E-state index in [2.05, 4.69) is 12.1 Å². The number of halogens is 5. The molecule has 0 radical (unpaired) electrons. The van der Waals surface area contributed by atoms with Crippen LogP contribution >= 0.6 is 0 Å². The lowest BCUT2D eigenvalue weighted by molar-refractivity contribution is -0.192. The standard InChI is InChI=1S/C14H16F2.C2HF3O2/c15-14(16)8-13(9-14)12-6-4-11(5-7-12)10-2-1-3-10;3-2(4,5)1(6)7/h4-7,10,13H,1-3,8-9H2;(H,6,7). The highest BCUT2D eigenvalue weighted by molar-refractivity contribution is 5.73. The van der Waals surface area contributed by atoms with E-state index in [4.69, 9.17) is 9.90 Å². The SMILES string of the molecule is FC1(F)CC(c2ccc(C3CCC3)cc2)C1.O=C(O)C(F)(F)F. The maximum Gasteiger partial charge on any atom is 0.490 e. The monoisotopic (exact) mass is 336 g/mol. The molecule has 7 heteroatoms.